The van der Waals surface area contributed by atoms with Gasteiger partial charge < -0.3 is 10.6 Å². The second-order valence-electron chi connectivity index (χ2n) is 6.82. The fourth-order valence-corrected chi connectivity index (χ4v) is 3.30. The van der Waals surface area contributed by atoms with Gasteiger partial charge in [-0.05, 0) is 37.2 Å². The predicted octanol–water partition coefficient (Wildman–Crippen LogP) is 2.01. The van der Waals surface area contributed by atoms with Crippen molar-refractivity contribution in [2.75, 3.05) is 36.8 Å². The van der Waals surface area contributed by atoms with Crippen molar-refractivity contribution in [1.29, 1.82) is 0 Å². The number of nitrogen functional groups attached to an aromatic ring is 1. The van der Waals surface area contributed by atoms with E-state index in [1.165, 1.54) is 32.4 Å². The van der Waals surface area contributed by atoms with Crippen LogP contribution in [0.2, 0.25) is 0 Å². The summed E-state index contributed by atoms with van der Waals surface area (Å²) >= 11 is 0. The molecule has 0 aromatic carbocycles. The second-order valence-corrected chi connectivity index (χ2v) is 6.82. The molecule has 0 radical (unpaired) electrons. The number of nitrogens with zero attached hydrogens (tertiary/aromatic N) is 4. The van der Waals surface area contributed by atoms with Crippen LogP contribution in [0.5, 0.6) is 0 Å². The Morgan fingerprint density at radius 3 is 2.81 bits per heavy atom. The Morgan fingerprint density at radius 1 is 1.33 bits per heavy atom. The van der Waals surface area contributed by atoms with E-state index >= 15 is 0 Å². The molecule has 1 saturated carbocycles. The molecule has 1 aliphatic heterocycles. The minimum absolute atomic E-state index is 0.368. The molecule has 0 amide bonds. The van der Waals surface area contributed by atoms with Gasteiger partial charge in [0, 0.05) is 38.4 Å². The lowest BCUT2D eigenvalue weighted by molar-refractivity contribution is 0.162. The van der Waals surface area contributed by atoms with E-state index in [0.29, 0.717) is 17.9 Å². The quantitative estimate of drug-likeness (QED) is 0.919. The van der Waals surface area contributed by atoms with E-state index in [-0.39, 0.29) is 0 Å². The first kappa shape index (κ1) is 14.6. The molecule has 0 spiro atoms. The van der Waals surface area contributed by atoms with Gasteiger partial charge in [0.1, 0.15) is 5.82 Å². The second kappa shape index (κ2) is 6.18. The largest absolute Gasteiger partial charge is 0.368 e. The summed E-state index contributed by atoms with van der Waals surface area (Å²) in [4.78, 5) is 13.5. The lowest BCUT2D eigenvalue weighted by atomic mass is 10.0. The van der Waals surface area contributed by atoms with Crippen LogP contribution in [0.4, 0.5) is 11.8 Å². The Labute approximate surface area is 127 Å². The maximum absolute atomic E-state index is 5.74. The molecule has 2 heterocycles. The van der Waals surface area contributed by atoms with Crippen molar-refractivity contribution in [3.05, 3.63) is 12.3 Å². The molecule has 5 nitrogen and oxygen atoms in total. The molecule has 21 heavy (non-hydrogen) atoms. The average molecular weight is 289 g/mol. The van der Waals surface area contributed by atoms with Gasteiger partial charge in [-0.1, -0.05) is 13.8 Å². The van der Waals surface area contributed by atoms with E-state index < -0.39 is 0 Å². The fraction of sp³-hybridized carbons (Fsp3) is 0.750. The highest BCUT2D eigenvalue weighted by Gasteiger charge is 2.32. The maximum atomic E-state index is 5.74. The van der Waals surface area contributed by atoms with Crippen LogP contribution in [0.3, 0.4) is 0 Å². The highest BCUT2D eigenvalue weighted by atomic mass is 15.3. The summed E-state index contributed by atoms with van der Waals surface area (Å²) in [7, 11) is 0. The van der Waals surface area contributed by atoms with Crippen LogP contribution >= 0.6 is 0 Å². The van der Waals surface area contributed by atoms with Crippen LogP contribution in [0.15, 0.2) is 12.3 Å². The lowest BCUT2D eigenvalue weighted by Gasteiger charge is -2.35. The Bertz CT molecular complexity index is 471. The van der Waals surface area contributed by atoms with E-state index in [9.17, 15) is 0 Å². The first-order valence-corrected chi connectivity index (χ1v) is 8.21. The summed E-state index contributed by atoms with van der Waals surface area (Å²) in [5.41, 5.74) is 5.74. The molecule has 2 aliphatic rings. The summed E-state index contributed by atoms with van der Waals surface area (Å²) in [6, 6.07) is 2.58. The van der Waals surface area contributed by atoms with Crippen LogP contribution < -0.4 is 10.6 Å². The third-order valence-corrected chi connectivity index (χ3v) is 4.69. The molecule has 1 saturated heterocycles. The van der Waals surface area contributed by atoms with Gasteiger partial charge in [-0.3, -0.25) is 4.90 Å². The van der Waals surface area contributed by atoms with Crippen molar-refractivity contribution in [3.63, 3.8) is 0 Å². The number of hydrogen-bond donors (Lipinski definition) is 1. The van der Waals surface area contributed by atoms with Gasteiger partial charge in [0.15, 0.2) is 0 Å². The molecular weight excluding hydrogens is 262 g/mol. The van der Waals surface area contributed by atoms with Gasteiger partial charge in [0.25, 0.3) is 0 Å². The number of nitrogens with two attached hydrogens (primary N) is 1. The highest BCUT2D eigenvalue weighted by Crippen LogP contribution is 2.32. The van der Waals surface area contributed by atoms with Gasteiger partial charge in [-0.2, -0.15) is 4.98 Å². The smallest absolute Gasteiger partial charge is 0.221 e. The zero-order valence-electron chi connectivity index (χ0n) is 13.2. The highest BCUT2D eigenvalue weighted by molar-refractivity contribution is 5.41. The molecular formula is C16H27N5. The van der Waals surface area contributed by atoms with E-state index in [2.05, 4.69) is 33.6 Å². The molecule has 5 heteroatoms. The molecule has 2 fully saturated rings. The van der Waals surface area contributed by atoms with Crippen LogP contribution in [0.1, 0.15) is 33.1 Å². The summed E-state index contributed by atoms with van der Waals surface area (Å²) in [5.74, 6) is 2.95. The third kappa shape index (κ3) is 3.64. The van der Waals surface area contributed by atoms with E-state index in [4.69, 9.17) is 5.73 Å². The molecule has 1 unspecified atom stereocenters. The third-order valence-electron chi connectivity index (χ3n) is 4.69. The van der Waals surface area contributed by atoms with Gasteiger partial charge in [0.2, 0.25) is 5.95 Å². The molecule has 116 valence electrons. The monoisotopic (exact) mass is 289 g/mol. The summed E-state index contributed by atoms with van der Waals surface area (Å²) in [6.45, 7) is 9.26. The molecule has 2 N–H and O–H groups in total. The van der Waals surface area contributed by atoms with Crippen molar-refractivity contribution in [2.24, 2.45) is 11.8 Å². The fourth-order valence-electron chi connectivity index (χ4n) is 3.30. The van der Waals surface area contributed by atoms with Gasteiger partial charge in [0.05, 0.1) is 0 Å². The molecule has 0 bridgehead atoms. The predicted molar refractivity (Wildman–Crippen MR) is 86.2 cm³/mol. The maximum Gasteiger partial charge on any atom is 0.221 e. The van der Waals surface area contributed by atoms with Crippen LogP contribution in [0.25, 0.3) is 0 Å². The number of anilines is 2. The number of aromatic nitrogens is 2. The van der Waals surface area contributed by atoms with Crippen molar-refractivity contribution < 1.29 is 0 Å². The van der Waals surface area contributed by atoms with E-state index in [1.54, 1.807) is 6.20 Å². The first-order chi connectivity index (χ1) is 10.1. The van der Waals surface area contributed by atoms with Crippen molar-refractivity contribution >= 4 is 11.8 Å². The Kier molecular flexibility index (Phi) is 4.29. The molecule has 1 aromatic rings. The van der Waals surface area contributed by atoms with Crippen LogP contribution in [-0.4, -0.2) is 47.1 Å². The standard InChI is InChI=1S/C16H27N5/c1-12(2)14-11-21(15-6-7-18-16(17)19-15)9-3-8-20(14)10-13-4-5-13/h6-7,12-14H,3-5,8-11H2,1-2H3,(H2,17,18,19). The molecule has 1 atom stereocenters. The zero-order valence-corrected chi connectivity index (χ0v) is 13.2. The average Bonchev–Trinajstić information content (AvgIpc) is 3.26. The van der Waals surface area contributed by atoms with Crippen molar-refractivity contribution in [2.45, 2.75) is 39.2 Å². The number of hydrogen-bond acceptors (Lipinski definition) is 5. The molecule has 1 aliphatic carbocycles. The van der Waals surface area contributed by atoms with Gasteiger partial charge in [-0.25, -0.2) is 4.98 Å². The number of rotatable bonds is 4. The summed E-state index contributed by atoms with van der Waals surface area (Å²) < 4.78 is 0. The van der Waals surface area contributed by atoms with Gasteiger partial charge >= 0.3 is 0 Å². The minimum Gasteiger partial charge on any atom is -0.368 e. The van der Waals surface area contributed by atoms with Crippen molar-refractivity contribution in [3.8, 4) is 0 Å². The Balaban J connectivity index is 1.75. The normalized spacial score (nSPS) is 24.3. The lowest BCUT2D eigenvalue weighted by Crippen LogP contribution is -2.45. The minimum atomic E-state index is 0.368. The topological polar surface area (TPSA) is 58.3 Å². The van der Waals surface area contributed by atoms with Crippen LogP contribution in [-0.2, 0) is 0 Å². The van der Waals surface area contributed by atoms with Crippen molar-refractivity contribution in [1.82, 2.24) is 14.9 Å². The summed E-state index contributed by atoms with van der Waals surface area (Å²) in [5, 5.41) is 0. The molecule has 1 aromatic heterocycles. The zero-order chi connectivity index (χ0) is 14.8. The van der Waals surface area contributed by atoms with E-state index in [1.807, 2.05) is 6.07 Å². The van der Waals surface area contributed by atoms with E-state index in [0.717, 1.165) is 24.8 Å². The Hall–Kier alpha value is -1.36. The van der Waals surface area contributed by atoms with Gasteiger partial charge in [-0.15, -0.1) is 0 Å². The SMILES string of the molecule is CC(C)C1CN(c2ccnc(N)n2)CCCN1CC1CC1. The first-order valence-electron chi connectivity index (χ1n) is 8.21. The molecule has 3 rings (SSSR count). The van der Waals surface area contributed by atoms with Crippen LogP contribution in [0, 0.1) is 11.8 Å². The summed E-state index contributed by atoms with van der Waals surface area (Å²) in [6.07, 6.45) is 5.80. The Morgan fingerprint density at radius 2 is 2.14 bits per heavy atom.